The molecule has 0 amide bonds. The van der Waals surface area contributed by atoms with Crippen LogP contribution in [0.25, 0.3) is 6.08 Å². The minimum absolute atomic E-state index is 0.587. The fourth-order valence-corrected chi connectivity index (χ4v) is 1.22. The summed E-state index contributed by atoms with van der Waals surface area (Å²) in [7, 11) is 1.50. The minimum atomic E-state index is 0.587. The molecule has 0 heterocycles. The Balaban J connectivity index is 0.000000671. The minimum Gasteiger partial charge on any atom is -0.333 e. The molecule has 0 saturated carbocycles. The van der Waals surface area contributed by atoms with E-state index >= 15 is 0 Å². The van der Waals surface area contributed by atoms with Gasteiger partial charge >= 0.3 is 0 Å². The van der Waals surface area contributed by atoms with Crippen LogP contribution in [0.3, 0.4) is 0 Å². The largest absolute Gasteiger partial charge is 0.333 e. The second-order valence-corrected chi connectivity index (χ2v) is 2.99. The van der Waals surface area contributed by atoms with Crippen LogP contribution in [-0.2, 0) is 0 Å². The van der Waals surface area contributed by atoms with E-state index in [2.05, 4.69) is 44.2 Å². The lowest BCUT2D eigenvalue weighted by molar-refractivity contribution is 1.48. The summed E-state index contributed by atoms with van der Waals surface area (Å²) in [4.78, 5) is 0. The average molecular weight is 175 g/mol. The van der Waals surface area contributed by atoms with Gasteiger partial charge in [0, 0.05) is 0 Å². The van der Waals surface area contributed by atoms with Gasteiger partial charge in [-0.3, -0.25) is 0 Å². The van der Waals surface area contributed by atoms with Crippen LogP contribution in [0.2, 0.25) is 13.6 Å². The second kappa shape index (κ2) is 6.50. The summed E-state index contributed by atoms with van der Waals surface area (Å²) in [5, 5.41) is 0. The van der Waals surface area contributed by atoms with Gasteiger partial charge in [-0.2, -0.15) is 0 Å². The first-order valence-corrected chi connectivity index (χ1v) is 4.54. The fourth-order valence-electron chi connectivity index (χ4n) is 1.22. The van der Waals surface area contributed by atoms with Crippen LogP contribution >= 0.6 is 0 Å². The van der Waals surface area contributed by atoms with Gasteiger partial charge in [0.05, 0.1) is 0 Å². The Labute approximate surface area is 81.7 Å². The Kier molecular flexibility index (Phi) is 5.99. The highest BCUT2D eigenvalue weighted by atomic mass is 14.4. The van der Waals surface area contributed by atoms with E-state index in [-0.39, 0.29) is 0 Å². The lowest BCUT2D eigenvalue weighted by atomic mass is 9.48. The summed E-state index contributed by atoms with van der Waals surface area (Å²) in [6, 6.07) is 8.37. The van der Waals surface area contributed by atoms with Crippen molar-refractivity contribution in [3.63, 3.8) is 0 Å². The maximum absolute atomic E-state index is 4.50. The summed E-state index contributed by atoms with van der Waals surface area (Å²) in [6.45, 7) is 8.75. The molecule has 0 unspecified atom stereocenters. The number of hydrogen-bond acceptors (Lipinski definition) is 1. The molecular weight excluding hydrogens is 157 g/mol. The van der Waals surface area contributed by atoms with E-state index in [0.717, 1.165) is 0 Å². The standard InChI is InChI=1S/C10H13B.CH5N/c1-4-9-7-5-6-8-10(9)11(2)3;1-2/h4-8H,1H2,2-3H3;2H2,1H3. The first kappa shape index (κ1) is 12.0. The number of hydrogen-bond donors (Lipinski definition) is 1. The molecule has 0 aromatic heterocycles. The zero-order valence-corrected chi connectivity index (χ0v) is 8.75. The fraction of sp³-hybridized carbons (Fsp3) is 0.273. The highest BCUT2D eigenvalue weighted by Gasteiger charge is 2.04. The summed E-state index contributed by atoms with van der Waals surface area (Å²) >= 11 is 0. The molecule has 0 radical (unpaired) electrons. The van der Waals surface area contributed by atoms with Crippen molar-refractivity contribution in [2.75, 3.05) is 7.05 Å². The van der Waals surface area contributed by atoms with E-state index in [1.54, 1.807) is 0 Å². The predicted octanol–water partition coefficient (Wildman–Crippen LogP) is 1.87. The van der Waals surface area contributed by atoms with Crippen molar-refractivity contribution in [3.05, 3.63) is 36.4 Å². The molecule has 0 bridgehead atoms. The van der Waals surface area contributed by atoms with Gasteiger partial charge in [-0.1, -0.05) is 56.0 Å². The monoisotopic (exact) mass is 175 g/mol. The van der Waals surface area contributed by atoms with Crippen molar-refractivity contribution >= 4 is 18.3 Å². The van der Waals surface area contributed by atoms with E-state index < -0.39 is 0 Å². The van der Waals surface area contributed by atoms with Crippen molar-refractivity contribution in [3.8, 4) is 0 Å². The molecular formula is C11H18BN. The Morgan fingerprint density at radius 3 is 2.15 bits per heavy atom. The van der Waals surface area contributed by atoms with Crippen LogP contribution in [0.15, 0.2) is 30.8 Å². The van der Waals surface area contributed by atoms with Crippen LogP contribution in [0, 0.1) is 0 Å². The summed E-state index contributed by atoms with van der Waals surface area (Å²) in [6.07, 6.45) is 1.91. The molecule has 0 aliphatic rings. The van der Waals surface area contributed by atoms with Gasteiger partial charge < -0.3 is 5.73 Å². The third-order valence-corrected chi connectivity index (χ3v) is 1.84. The Hall–Kier alpha value is -1.02. The third-order valence-electron chi connectivity index (χ3n) is 1.84. The average Bonchev–Trinajstić information content (AvgIpc) is 2.20. The van der Waals surface area contributed by atoms with Gasteiger partial charge in [0.2, 0.25) is 0 Å². The smallest absolute Gasteiger partial charge is 0.170 e. The van der Waals surface area contributed by atoms with Crippen molar-refractivity contribution in [2.24, 2.45) is 5.73 Å². The van der Waals surface area contributed by atoms with Crippen molar-refractivity contribution in [2.45, 2.75) is 13.6 Å². The predicted molar refractivity (Wildman–Crippen MR) is 63.8 cm³/mol. The van der Waals surface area contributed by atoms with E-state index in [4.69, 9.17) is 0 Å². The molecule has 0 saturated heterocycles. The zero-order chi connectivity index (χ0) is 10.3. The summed E-state index contributed by atoms with van der Waals surface area (Å²) < 4.78 is 0. The molecule has 1 rings (SSSR count). The Morgan fingerprint density at radius 1 is 1.23 bits per heavy atom. The maximum Gasteiger partial charge on any atom is 0.170 e. The number of nitrogens with two attached hydrogens (primary N) is 1. The van der Waals surface area contributed by atoms with Crippen LogP contribution in [0.1, 0.15) is 5.56 Å². The molecule has 70 valence electrons. The summed E-state index contributed by atoms with van der Waals surface area (Å²) in [5.74, 6) is 0. The molecule has 13 heavy (non-hydrogen) atoms. The third kappa shape index (κ3) is 3.47. The molecule has 2 heteroatoms. The molecule has 0 aliphatic carbocycles. The van der Waals surface area contributed by atoms with Gasteiger partial charge in [-0.05, 0) is 12.6 Å². The zero-order valence-electron chi connectivity index (χ0n) is 8.75. The van der Waals surface area contributed by atoms with E-state index in [1.807, 2.05) is 12.1 Å². The molecule has 0 aliphatic heterocycles. The van der Waals surface area contributed by atoms with Gasteiger partial charge in [-0.15, -0.1) is 0 Å². The lowest BCUT2D eigenvalue weighted by Gasteiger charge is -2.05. The molecule has 0 atom stereocenters. The van der Waals surface area contributed by atoms with Crippen molar-refractivity contribution in [1.29, 1.82) is 0 Å². The molecule has 1 aromatic rings. The van der Waals surface area contributed by atoms with E-state index in [1.165, 1.54) is 18.1 Å². The van der Waals surface area contributed by atoms with E-state index in [9.17, 15) is 0 Å². The molecule has 1 aromatic carbocycles. The molecule has 2 N–H and O–H groups in total. The lowest BCUT2D eigenvalue weighted by Crippen LogP contribution is -2.24. The van der Waals surface area contributed by atoms with E-state index in [0.29, 0.717) is 6.71 Å². The first-order chi connectivity index (χ1) is 6.25. The van der Waals surface area contributed by atoms with Crippen molar-refractivity contribution in [1.82, 2.24) is 0 Å². The van der Waals surface area contributed by atoms with Crippen LogP contribution in [0.5, 0.6) is 0 Å². The van der Waals surface area contributed by atoms with Gasteiger partial charge in [0.25, 0.3) is 0 Å². The highest BCUT2D eigenvalue weighted by molar-refractivity contribution is 6.71. The highest BCUT2D eigenvalue weighted by Crippen LogP contribution is 1.99. The molecule has 1 nitrogen and oxygen atoms in total. The Morgan fingerprint density at radius 2 is 1.77 bits per heavy atom. The molecule has 0 spiro atoms. The maximum atomic E-state index is 4.50. The Bertz CT molecular complexity index is 256. The first-order valence-electron chi connectivity index (χ1n) is 4.54. The van der Waals surface area contributed by atoms with Gasteiger partial charge in [0.1, 0.15) is 0 Å². The van der Waals surface area contributed by atoms with Crippen molar-refractivity contribution < 1.29 is 0 Å². The second-order valence-electron chi connectivity index (χ2n) is 2.99. The SMILES string of the molecule is C=Cc1ccccc1B(C)C.CN. The van der Waals surface area contributed by atoms with Gasteiger partial charge in [0.15, 0.2) is 6.71 Å². The number of benzene rings is 1. The normalized spacial score (nSPS) is 8.31. The molecule has 0 fully saturated rings. The van der Waals surface area contributed by atoms with Crippen LogP contribution in [0.4, 0.5) is 0 Å². The topological polar surface area (TPSA) is 26.0 Å². The van der Waals surface area contributed by atoms with Crippen LogP contribution in [-0.4, -0.2) is 13.8 Å². The number of rotatable bonds is 2. The summed E-state index contributed by atoms with van der Waals surface area (Å²) in [5.41, 5.74) is 7.13. The quantitative estimate of drug-likeness (QED) is 0.682. The van der Waals surface area contributed by atoms with Crippen LogP contribution < -0.4 is 11.2 Å². The van der Waals surface area contributed by atoms with Gasteiger partial charge in [-0.25, -0.2) is 0 Å².